The molecule has 1 aliphatic rings. The second-order valence-electron chi connectivity index (χ2n) is 4.33. The monoisotopic (exact) mass is 284 g/mol. The first-order chi connectivity index (χ1) is 10.2. The number of fused-ring (bicyclic) bond motifs is 1. The van der Waals surface area contributed by atoms with E-state index < -0.39 is 11.8 Å². The number of rotatable bonds is 4. The maximum Gasteiger partial charge on any atom is 0.280 e. The Morgan fingerprint density at radius 1 is 1.05 bits per heavy atom. The molecule has 7 nitrogen and oxygen atoms in total. The fourth-order valence-corrected chi connectivity index (χ4v) is 2.15. The van der Waals surface area contributed by atoms with E-state index in [0.29, 0.717) is 11.1 Å². The summed E-state index contributed by atoms with van der Waals surface area (Å²) < 4.78 is 5.07. The van der Waals surface area contributed by atoms with Crippen LogP contribution in [-0.2, 0) is 4.74 Å². The molecule has 0 saturated heterocycles. The molecule has 21 heavy (non-hydrogen) atoms. The summed E-state index contributed by atoms with van der Waals surface area (Å²) in [4.78, 5) is 33.0. The Morgan fingerprint density at radius 2 is 1.62 bits per heavy atom. The van der Waals surface area contributed by atoms with Gasteiger partial charge in [-0.25, -0.2) is 15.0 Å². The lowest BCUT2D eigenvalue weighted by Crippen LogP contribution is -2.48. The number of anilines is 1. The van der Waals surface area contributed by atoms with Gasteiger partial charge in [-0.15, -0.1) is 0 Å². The molecule has 0 bridgehead atoms. The fraction of sp³-hybridized carbons (Fsp3) is 0.143. The molecule has 2 aromatic rings. The van der Waals surface area contributed by atoms with Gasteiger partial charge in [-0.3, -0.25) is 9.59 Å². The summed E-state index contributed by atoms with van der Waals surface area (Å²) >= 11 is 0. The number of amides is 2. The molecule has 0 saturated carbocycles. The Hall–Kier alpha value is -2.80. The first-order valence-electron chi connectivity index (χ1n) is 6.25. The molecule has 0 fully saturated rings. The normalized spacial score (nSPS) is 13.5. The molecule has 7 heteroatoms. The number of ether oxygens (including phenoxy) is 1. The van der Waals surface area contributed by atoms with Gasteiger partial charge in [0, 0.05) is 19.5 Å². The Morgan fingerprint density at radius 3 is 2.14 bits per heavy atom. The van der Waals surface area contributed by atoms with Gasteiger partial charge in [-0.2, -0.15) is 5.01 Å². The quantitative estimate of drug-likeness (QED) is 0.618. The number of imide groups is 1. The molecule has 106 valence electrons. The van der Waals surface area contributed by atoms with Gasteiger partial charge in [0.25, 0.3) is 11.8 Å². The third kappa shape index (κ3) is 2.13. The smallest absolute Gasteiger partial charge is 0.280 e. The highest BCUT2D eigenvalue weighted by atomic mass is 16.5. The Bertz CT molecular complexity index is 655. The highest BCUT2D eigenvalue weighted by Gasteiger charge is 2.40. The van der Waals surface area contributed by atoms with Crippen molar-refractivity contribution in [2.45, 2.75) is 0 Å². The largest absolute Gasteiger partial charge is 0.362 e. The topological polar surface area (TPSA) is 75.6 Å². The summed E-state index contributed by atoms with van der Waals surface area (Å²) in [6.07, 6.45) is 3.06. The van der Waals surface area contributed by atoms with E-state index >= 15 is 0 Å². The summed E-state index contributed by atoms with van der Waals surface area (Å²) in [5, 5.41) is 2.31. The number of hydrazine groups is 1. The fourth-order valence-electron chi connectivity index (χ4n) is 2.15. The van der Waals surface area contributed by atoms with Crippen LogP contribution in [0.5, 0.6) is 0 Å². The SMILES string of the molecule is COCN(c1ncccn1)N1C(=O)c2ccccc2C1=O. The van der Waals surface area contributed by atoms with E-state index in [0.717, 1.165) is 5.01 Å². The molecule has 2 heterocycles. The molecule has 1 aromatic heterocycles. The van der Waals surface area contributed by atoms with E-state index in [4.69, 9.17) is 4.74 Å². The minimum absolute atomic E-state index is 0.0184. The van der Waals surface area contributed by atoms with Crippen LogP contribution in [0.3, 0.4) is 0 Å². The molecule has 0 unspecified atom stereocenters. The number of benzene rings is 1. The Balaban J connectivity index is 2.02. The van der Waals surface area contributed by atoms with Crippen LogP contribution in [0.15, 0.2) is 42.7 Å². The van der Waals surface area contributed by atoms with E-state index in [-0.39, 0.29) is 12.7 Å². The van der Waals surface area contributed by atoms with E-state index in [2.05, 4.69) is 9.97 Å². The van der Waals surface area contributed by atoms with Gasteiger partial charge < -0.3 is 4.74 Å². The number of methoxy groups -OCH3 is 1. The summed E-state index contributed by atoms with van der Waals surface area (Å²) in [6.45, 7) is -0.0184. The molecular formula is C14H12N4O3. The maximum absolute atomic E-state index is 12.4. The van der Waals surface area contributed by atoms with Crippen molar-refractivity contribution >= 4 is 17.8 Å². The average molecular weight is 284 g/mol. The number of carbonyl (C=O) groups is 2. The predicted octanol–water partition coefficient (Wildman–Crippen LogP) is 1.10. The van der Waals surface area contributed by atoms with Gasteiger partial charge in [0.1, 0.15) is 6.73 Å². The minimum Gasteiger partial charge on any atom is -0.362 e. The molecular weight excluding hydrogens is 272 g/mol. The van der Waals surface area contributed by atoms with Crippen LogP contribution in [0.4, 0.5) is 5.95 Å². The standard InChI is InChI=1S/C14H12N4O3/c1-21-9-17(14-15-7-4-8-16-14)18-12(19)10-5-2-3-6-11(10)13(18)20/h2-8H,9H2,1H3. The number of hydrogen-bond donors (Lipinski definition) is 0. The van der Waals surface area contributed by atoms with Crippen molar-refractivity contribution in [1.82, 2.24) is 15.0 Å². The van der Waals surface area contributed by atoms with Crippen LogP contribution >= 0.6 is 0 Å². The molecule has 3 rings (SSSR count). The minimum atomic E-state index is -0.417. The van der Waals surface area contributed by atoms with Gasteiger partial charge in [0.05, 0.1) is 11.1 Å². The van der Waals surface area contributed by atoms with Crippen molar-refractivity contribution in [3.63, 3.8) is 0 Å². The first-order valence-corrected chi connectivity index (χ1v) is 6.25. The van der Waals surface area contributed by atoms with Gasteiger partial charge in [0.15, 0.2) is 0 Å². The average Bonchev–Trinajstić information content (AvgIpc) is 2.78. The van der Waals surface area contributed by atoms with Crippen LogP contribution in [0.25, 0.3) is 0 Å². The Kier molecular flexibility index (Phi) is 3.33. The van der Waals surface area contributed by atoms with Crippen LogP contribution in [0.2, 0.25) is 0 Å². The van der Waals surface area contributed by atoms with Crippen molar-refractivity contribution in [2.75, 3.05) is 18.8 Å². The molecule has 0 atom stereocenters. The molecule has 0 radical (unpaired) electrons. The number of carbonyl (C=O) groups excluding carboxylic acids is 2. The van der Waals surface area contributed by atoms with Crippen molar-refractivity contribution in [1.29, 1.82) is 0 Å². The van der Waals surface area contributed by atoms with E-state index in [9.17, 15) is 9.59 Å². The van der Waals surface area contributed by atoms with Crippen LogP contribution in [-0.4, -0.2) is 40.6 Å². The molecule has 0 spiro atoms. The number of hydrogen-bond acceptors (Lipinski definition) is 6. The third-order valence-corrected chi connectivity index (χ3v) is 3.05. The maximum atomic E-state index is 12.4. The molecule has 2 amide bonds. The summed E-state index contributed by atoms with van der Waals surface area (Å²) in [5.74, 6) is -0.617. The van der Waals surface area contributed by atoms with Gasteiger partial charge in [0.2, 0.25) is 5.95 Å². The van der Waals surface area contributed by atoms with Crippen molar-refractivity contribution in [2.24, 2.45) is 0 Å². The summed E-state index contributed by atoms with van der Waals surface area (Å²) in [5.41, 5.74) is 0.721. The second-order valence-corrected chi connectivity index (χ2v) is 4.33. The molecule has 0 N–H and O–H groups in total. The highest BCUT2D eigenvalue weighted by Crippen LogP contribution is 2.25. The van der Waals surface area contributed by atoms with Gasteiger partial charge in [-0.05, 0) is 18.2 Å². The Labute approximate surface area is 120 Å². The number of aromatic nitrogens is 2. The van der Waals surface area contributed by atoms with Crippen LogP contribution in [0, 0.1) is 0 Å². The zero-order valence-corrected chi connectivity index (χ0v) is 11.3. The zero-order valence-electron chi connectivity index (χ0n) is 11.3. The van der Waals surface area contributed by atoms with Gasteiger partial charge >= 0.3 is 0 Å². The molecule has 1 aliphatic heterocycles. The molecule has 1 aromatic carbocycles. The van der Waals surface area contributed by atoms with Crippen LogP contribution in [0.1, 0.15) is 20.7 Å². The van der Waals surface area contributed by atoms with Crippen molar-refractivity contribution in [3.8, 4) is 0 Å². The van der Waals surface area contributed by atoms with E-state index in [1.54, 1.807) is 30.3 Å². The third-order valence-electron chi connectivity index (χ3n) is 3.05. The lowest BCUT2D eigenvalue weighted by molar-refractivity contribution is 0.0555. The van der Waals surface area contributed by atoms with Crippen LogP contribution < -0.4 is 5.01 Å². The summed E-state index contributed by atoms with van der Waals surface area (Å²) in [7, 11) is 1.47. The molecule has 0 aliphatic carbocycles. The summed E-state index contributed by atoms with van der Waals surface area (Å²) in [6, 6.07) is 8.32. The first kappa shape index (κ1) is 13.2. The highest BCUT2D eigenvalue weighted by molar-refractivity contribution is 6.22. The van der Waals surface area contributed by atoms with Crippen molar-refractivity contribution < 1.29 is 14.3 Å². The van der Waals surface area contributed by atoms with Gasteiger partial charge in [-0.1, -0.05) is 12.1 Å². The zero-order chi connectivity index (χ0) is 14.8. The number of nitrogens with zero attached hydrogens (tertiary/aromatic N) is 4. The second kappa shape index (κ2) is 5.29. The predicted molar refractivity (Wildman–Crippen MR) is 73.3 cm³/mol. The lowest BCUT2D eigenvalue weighted by Gasteiger charge is -2.28. The van der Waals surface area contributed by atoms with E-state index in [1.165, 1.54) is 24.5 Å². The van der Waals surface area contributed by atoms with Crippen molar-refractivity contribution in [3.05, 3.63) is 53.9 Å². The van der Waals surface area contributed by atoms with E-state index in [1.807, 2.05) is 0 Å². The lowest BCUT2D eigenvalue weighted by atomic mass is 10.1.